The molecule has 3 rings (SSSR count). The number of aryl methyl sites for hydroxylation is 1. The molecule has 0 radical (unpaired) electrons. The van der Waals surface area contributed by atoms with Crippen LogP contribution in [0.25, 0.3) is 11.5 Å². The minimum Gasteiger partial charge on any atom is -0.334 e. The highest BCUT2D eigenvalue weighted by atomic mass is 19.4. The van der Waals surface area contributed by atoms with Crippen molar-refractivity contribution in [2.45, 2.75) is 19.6 Å². The van der Waals surface area contributed by atoms with Crippen molar-refractivity contribution in [3.8, 4) is 11.5 Å². The van der Waals surface area contributed by atoms with Crippen LogP contribution in [0.2, 0.25) is 0 Å². The summed E-state index contributed by atoms with van der Waals surface area (Å²) in [6.45, 7) is 1.66. The first kappa shape index (κ1) is 16.0. The van der Waals surface area contributed by atoms with E-state index in [4.69, 9.17) is 4.52 Å². The van der Waals surface area contributed by atoms with Gasteiger partial charge in [0.1, 0.15) is 0 Å². The molecule has 0 saturated heterocycles. The number of alkyl halides is 3. The molecular weight excluding hydrogens is 323 g/mol. The standard InChI is InChI=1S/C16H12F3N3O2/c1-10-20-15(24-21-10)12-5-6-14(23)22(9-12)8-11-3-2-4-13(7-11)16(17,18)19/h2-7,9H,8H2,1H3. The molecule has 1 aromatic carbocycles. The molecule has 2 aromatic heterocycles. The van der Waals surface area contributed by atoms with E-state index in [2.05, 4.69) is 10.1 Å². The fourth-order valence-electron chi connectivity index (χ4n) is 2.24. The van der Waals surface area contributed by atoms with Gasteiger partial charge in [-0.05, 0) is 30.7 Å². The fraction of sp³-hybridized carbons (Fsp3) is 0.188. The van der Waals surface area contributed by atoms with Gasteiger partial charge >= 0.3 is 6.18 Å². The summed E-state index contributed by atoms with van der Waals surface area (Å²) >= 11 is 0. The maximum Gasteiger partial charge on any atom is 0.416 e. The molecule has 0 amide bonds. The molecule has 0 unspecified atom stereocenters. The number of aromatic nitrogens is 3. The first-order chi connectivity index (χ1) is 11.3. The third-order valence-electron chi connectivity index (χ3n) is 3.37. The first-order valence-electron chi connectivity index (χ1n) is 7.00. The lowest BCUT2D eigenvalue weighted by molar-refractivity contribution is -0.137. The van der Waals surface area contributed by atoms with E-state index in [1.165, 1.54) is 35.0 Å². The lowest BCUT2D eigenvalue weighted by atomic mass is 10.1. The summed E-state index contributed by atoms with van der Waals surface area (Å²) in [5.74, 6) is 0.686. The quantitative estimate of drug-likeness (QED) is 0.737. The van der Waals surface area contributed by atoms with Crippen LogP contribution in [0.1, 0.15) is 17.0 Å². The zero-order chi connectivity index (χ0) is 17.3. The van der Waals surface area contributed by atoms with Crippen LogP contribution in [0.5, 0.6) is 0 Å². The predicted molar refractivity (Wildman–Crippen MR) is 79.3 cm³/mol. The predicted octanol–water partition coefficient (Wildman–Crippen LogP) is 3.27. The molecule has 0 aliphatic rings. The Morgan fingerprint density at radius 1 is 1.21 bits per heavy atom. The molecule has 0 saturated carbocycles. The Balaban J connectivity index is 1.94. The van der Waals surface area contributed by atoms with Crippen molar-refractivity contribution in [1.29, 1.82) is 0 Å². The second kappa shape index (κ2) is 5.95. The van der Waals surface area contributed by atoms with Crippen molar-refractivity contribution in [3.05, 3.63) is 69.9 Å². The van der Waals surface area contributed by atoms with Gasteiger partial charge in [0.25, 0.3) is 11.4 Å². The molecule has 0 N–H and O–H groups in total. The van der Waals surface area contributed by atoms with E-state index in [1.807, 2.05) is 0 Å². The normalized spacial score (nSPS) is 11.7. The Morgan fingerprint density at radius 2 is 2.00 bits per heavy atom. The largest absolute Gasteiger partial charge is 0.416 e. The SMILES string of the molecule is Cc1noc(-c2ccc(=O)n(Cc3cccc(C(F)(F)F)c3)c2)n1. The Labute approximate surface area is 134 Å². The highest BCUT2D eigenvalue weighted by molar-refractivity contribution is 5.50. The molecule has 0 fully saturated rings. The molecule has 0 spiro atoms. The van der Waals surface area contributed by atoms with Gasteiger partial charge in [0.2, 0.25) is 0 Å². The third kappa shape index (κ3) is 3.37. The summed E-state index contributed by atoms with van der Waals surface area (Å²) in [7, 11) is 0. The van der Waals surface area contributed by atoms with Crippen LogP contribution in [0.4, 0.5) is 13.2 Å². The van der Waals surface area contributed by atoms with Gasteiger partial charge in [-0.1, -0.05) is 17.3 Å². The van der Waals surface area contributed by atoms with Crippen LogP contribution in [0.15, 0.2) is 51.9 Å². The Hall–Kier alpha value is -2.90. The molecule has 2 heterocycles. The second-order valence-electron chi connectivity index (χ2n) is 5.23. The van der Waals surface area contributed by atoms with Gasteiger partial charge < -0.3 is 9.09 Å². The number of halogens is 3. The summed E-state index contributed by atoms with van der Waals surface area (Å²) in [5.41, 5.74) is -0.211. The molecule has 3 aromatic rings. The Bertz CT molecular complexity index is 929. The maximum absolute atomic E-state index is 12.8. The molecule has 0 bridgehead atoms. The molecule has 8 heteroatoms. The minimum atomic E-state index is -4.43. The van der Waals surface area contributed by atoms with Crippen LogP contribution in [0, 0.1) is 6.92 Å². The monoisotopic (exact) mass is 335 g/mol. The van der Waals surface area contributed by atoms with Crippen molar-refractivity contribution in [2.75, 3.05) is 0 Å². The highest BCUT2D eigenvalue weighted by Gasteiger charge is 2.30. The van der Waals surface area contributed by atoms with E-state index < -0.39 is 11.7 Å². The molecule has 0 aliphatic heterocycles. The summed E-state index contributed by atoms with van der Waals surface area (Å²) < 4.78 is 44.7. The van der Waals surface area contributed by atoms with Crippen LogP contribution in [-0.4, -0.2) is 14.7 Å². The van der Waals surface area contributed by atoms with Gasteiger partial charge in [-0.15, -0.1) is 0 Å². The number of pyridine rings is 1. The van der Waals surface area contributed by atoms with E-state index in [-0.39, 0.29) is 18.0 Å². The second-order valence-corrected chi connectivity index (χ2v) is 5.23. The maximum atomic E-state index is 12.8. The average molecular weight is 335 g/mol. The average Bonchev–Trinajstić information content (AvgIpc) is 2.95. The van der Waals surface area contributed by atoms with Crippen molar-refractivity contribution in [2.24, 2.45) is 0 Å². The Kier molecular flexibility index (Phi) is 3.96. The van der Waals surface area contributed by atoms with Crippen molar-refractivity contribution < 1.29 is 17.7 Å². The molecule has 5 nitrogen and oxygen atoms in total. The van der Waals surface area contributed by atoms with Crippen LogP contribution < -0.4 is 5.56 Å². The molecule has 0 atom stereocenters. The fourth-order valence-corrected chi connectivity index (χ4v) is 2.24. The zero-order valence-corrected chi connectivity index (χ0v) is 12.5. The lowest BCUT2D eigenvalue weighted by Crippen LogP contribution is -2.19. The van der Waals surface area contributed by atoms with Gasteiger partial charge in [-0.25, -0.2) is 0 Å². The summed E-state index contributed by atoms with van der Waals surface area (Å²) in [4.78, 5) is 16.0. The van der Waals surface area contributed by atoms with E-state index in [1.54, 1.807) is 6.92 Å². The molecular formula is C16H12F3N3O2. The summed E-state index contributed by atoms with van der Waals surface area (Å²) in [6, 6.07) is 7.69. The van der Waals surface area contributed by atoms with Crippen molar-refractivity contribution in [3.63, 3.8) is 0 Å². The van der Waals surface area contributed by atoms with E-state index in [0.29, 0.717) is 17.0 Å². The topological polar surface area (TPSA) is 60.9 Å². The van der Waals surface area contributed by atoms with Crippen molar-refractivity contribution in [1.82, 2.24) is 14.7 Å². The van der Waals surface area contributed by atoms with Crippen LogP contribution in [0.3, 0.4) is 0 Å². The summed E-state index contributed by atoms with van der Waals surface area (Å²) in [5, 5.41) is 3.67. The van der Waals surface area contributed by atoms with E-state index >= 15 is 0 Å². The van der Waals surface area contributed by atoms with Gasteiger partial charge in [0.15, 0.2) is 5.82 Å². The van der Waals surface area contributed by atoms with Gasteiger partial charge in [-0.3, -0.25) is 4.79 Å². The first-order valence-corrected chi connectivity index (χ1v) is 7.00. The summed E-state index contributed by atoms with van der Waals surface area (Å²) in [6.07, 6.45) is -2.94. The number of nitrogens with zero attached hydrogens (tertiary/aromatic N) is 3. The number of hydrogen-bond donors (Lipinski definition) is 0. The molecule has 124 valence electrons. The number of hydrogen-bond acceptors (Lipinski definition) is 4. The third-order valence-corrected chi connectivity index (χ3v) is 3.37. The van der Waals surface area contributed by atoms with Gasteiger partial charge in [0.05, 0.1) is 17.7 Å². The zero-order valence-electron chi connectivity index (χ0n) is 12.5. The smallest absolute Gasteiger partial charge is 0.334 e. The lowest BCUT2D eigenvalue weighted by Gasteiger charge is -2.10. The van der Waals surface area contributed by atoms with Crippen LogP contribution in [-0.2, 0) is 12.7 Å². The Morgan fingerprint density at radius 3 is 2.67 bits per heavy atom. The highest BCUT2D eigenvalue weighted by Crippen LogP contribution is 2.29. The number of benzene rings is 1. The van der Waals surface area contributed by atoms with Crippen LogP contribution >= 0.6 is 0 Å². The molecule has 24 heavy (non-hydrogen) atoms. The number of rotatable bonds is 3. The minimum absolute atomic E-state index is 0.00368. The van der Waals surface area contributed by atoms with E-state index in [0.717, 1.165) is 12.1 Å². The van der Waals surface area contributed by atoms with E-state index in [9.17, 15) is 18.0 Å². The van der Waals surface area contributed by atoms with Gasteiger partial charge in [0, 0.05) is 12.3 Å². The van der Waals surface area contributed by atoms with Gasteiger partial charge in [-0.2, -0.15) is 18.2 Å². The van der Waals surface area contributed by atoms with Crippen molar-refractivity contribution >= 4 is 0 Å². The molecule has 0 aliphatic carbocycles.